The van der Waals surface area contributed by atoms with Crippen LogP contribution in [0.2, 0.25) is 0 Å². The van der Waals surface area contributed by atoms with Gasteiger partial charge in [0.05, 0.1) is 0 Å². The maximum atomic E-state index is 13.2. The first kappa shape index (κ1) is 25.5. The van der Waals surface area contributed by atoms with Crippen molar-refractivity contribution in [3.05, 3.63) is 95.6 Å². The highest BCUT2D eigenvalue weighted by Crippen LogP contribution is 2.45. The van der Waals surface area contributed by atoms with Crippen molar-refractivity contribution in [3.63, 3.8) is 0 Å². The molecule has 196 valence electrons. The van der Waals surface area contributed by atoms with Crippen molar-refractivity contribution in [1.82, 2.24) is 10.2 Å². The first-order chi connectivity index (χ1) is 18.4. The molecule has 1 saturated carbocycles. The molecule has 0 radical (unpaired) electrons. The molecule has 3 aromatic carbocycles. The van der Waals surface area contributed by atoms with Crippen molar-refractivity contribution < 1.29 is 24.2 Å². The number of nitrogens with zero attached hydrogens (tertiary/aromatic N) is 1. The summed E-state index contributed by atoms with van der Waals surface area (Å²) >= 11 is 0. The molecule has 38 heavy (non-hydrogen) atoms. The van der Waals surface area contributed by atoms with E-state index in [-0.39, 0.29) is 43.4 Å². The van der Waals surface area contributed by atoms with Gasteiger partial charge in [-0.15, -0.1) is 0 Å². The minimum Gasteiger partial charge on any atom is -0.480 e. The van der Waals surface area contributed by atoms with Crippen molar-refractivity contribution >= 4 is 18.0 Å². The second kappa shape index (κ2) is 11.1. The highest BCUT2D eigenvalue weighted by atomic mass is 16.5. The fourth-order valence-electron chi connectivity index (χ4n) is 5.63. The Morgan fingerprint density at radius 1 is 0.895 bits per heavy atom. The summed E-state index contributed by atoms with van der Waals surface area (Å²) in [6.45, 7) is 0.433. The number of hydrogen-bond donors (Lipinski definition) is 2. The van der Waals surface area contributed by atoms with E-state index in [2.05, 4.69) is 29.6 Å². The lowest BCUT2D eigenvalue weighted by molar-refractivity contribution is -0.146. The Hall–Kier alpha value is -4.13. The zero-order valence-electron chi connectivity index (χ0n) is 21.3. The van der Waals surface area contributed by atoms with Gasteiger partial charge in [-0.3, -0.25) is 9.59 Å². The van der Waals surface area contributed by atoms with Gasteiger partial charge in [0.25, 0.3) is 0 Å². The first-order valence-electron chi connectivity index (χ1n) is 13.1. The second-order valence-electron chi connectivity index (χ2n) is 10.3. The summed E-state index contributed by atoms with van der Waals surface area (Å²) in [6, 6.07) is 25.7. The van der Waals surface area contributed by atoms with Gasteiger partial charge in [0, 0.05) is 25.4 Å². The maximum absolute atomic E-state index is 13.2. The molecule has 0 aromatic heterocycles. The first-order valence-corrected chi connectivity index (χ1v) is 13.1. The maximum Gasteiger partial charge on any atom is 0.407 e. The number of carbonyl (C=O) groups is 3. The van der Waals surface area contributed by atoms with Gasteiger partial charge in [-0.05, 0) is 46.1 Å². The number of benzene rings is 3. The minimum atomic E-state index is -1.05. The molecule has 7 heteroatoms. The fourth-order valence-corrected chi connectivity index (χ4v) is 5.63. The Kier molecular flexibility index (Phi) is 7.45. The third-order valence-corrected chi connectivity index (χ3v) is 7.79. The molecular formula is C31H32N2O5. The van der Waals surface area contributed by atoms with Gasteiger partial charge >= 0.3 is 12.1 Å². The van der Waals surface area contributed by atoms with Crippen LogP contribution < -0.4 is 5.32 Å². The Morgan fingerprint density at radius 3 is 2.08 bits per heavy atom. The van der Waals surface area contributed by atoms with E-state index in [4.69, 9.17) is 4.74 Å². The quantitative estimate of drug-likeness (QED) is 0.389. The SMILES string of the molecule is O=C(O)CN(Cc1ccccc1)C(=O)CC1(CNC(=O)OCC2c3ccccc3-c3ccccc32)CCC1. The fraction of sp³-hybridized carbons (Fsp3) is 0.323. The lowest BCUT2D eigenvalue weighted by atomic mass is 9.66. The van der Waals surface area contributed by atoms with Gasteiger partial charge in [0.1, 0.15) is 13.2 Å². The molecule has 2 amide bonds. The van der Waals surface area contributed by atoms with E-state index in [1.807, 2.05) is 54.6 Å². The van der Waals surface area contributed by atoms with Gasteiger partial charge in [-0.1, -0.05) is 85.3 Å². The Labute approximate surface area is 222 Å². The van der Waals surface area contributed by atoms with E-state index >= 15 is 0 Å². The van der Waals surface area contributed by atoms with Crippen molar-refractivity contribution in [2.45, 2.75) is 38.1 Å². The molecule has 0 unspecified atom stereocenters. The standard InChI is InChI=1S/C31H32N2O5/c34-28(33(19-29(35)36)18-22-9-2-1-3-10-22)17-31(15-8-16-31)21-32-30(37)38-20-27-25-13-6-4-11-23(25)24-12-5-7-14-26(24)27/h1-7,9-14,27H,8,15-21H2,(H,32,37)(H,35,36). The number of ether oxygens (including phenoxy) is 1. The van der Waals surface area contributed by atoms with Crippen molar-refractivity contribution in [1.29, 1.82) is 0 Å². The van der Waals surface area contributed by atoms with Crippen LogP contribution in [-0.2, 0) is 20.9 Å². The van der Waals surface area contributed by atoms with Crippen LogP contribution in [0.4, 0.5) is 4.79 Å². The number of aliphatic carboxylic acids is 1. The molecule has 2 aliphatic carbocycles. The number of hydrogen-bond acceptors (Lipinski definition) is 4. The molecule has 0 spiro atoms. The molecule has 1 fully saturated rings. The minimum absolute atomic E-state index is 0.0186. The Bertz CT molecular complexity index is 1270. The molecule has 2 N–H and O–H groups in total. The largest absolute Gasteiger partial charge is 0.480 e. The number of nitrogens with one attached hydrogen (secondary N) is 1. The van der Waals surface area contributed by atoms with Crippen LogP contribution in [0.3, 0.4) is 0 Å². The lowest BCUT2D eigenvalue weighted by Crippen LogP contribution is -2.47. The van der Waals surface area contributed by atoms with Crippen molar-refractivity contribution in [3.8, 4) is 11.1 Å². The molecule has 0 bridgehead atoms. The zero-order valence-corrected chi connectivity index (χ0v) is 21.3. The van der Waals surface area contributed by atoms with Crippen LogP contribution in [0.25, 0.3) is 11.1 Å². The predicted octanol–water partition coefficient (Wildman–Crippen LogP) is 5.20. The Morgan fingerprint density at radius 2 is 1.50 bits per heavy atom. The van der Waals surface area contributed by atoms with Crippen LogP contribution >= 0.6 is 0 Å². The topological polar surface area (TPSA) is 95.9 Å². The number of fused-ring (bicyclic) bond motifs is 3. The van der Waals surface area contributed by atoms with Crippen LogP contribution in [0.1, 0.15) is 48.3 Å². The molecule has 0 heterocycles. The number of carbonyl (C=O) groups excluding carboxylic acids is 2. The van der Waals surface area contributed by atoms with Gasteiger partial charge in [-0.25, -0.2) is 4.79 Å². The summed E-state index contributed by atoms with van der Waals surface area (Å²) in [5.41, 5.74) is 5.15. The number of carboxylic acid groups (broad SMARTS) is 1. The molecule has 0 atom stereocenters. The third kappa shape index (κ3) is 5.57. The Balaban J connectivity index is 1.18. The van der Waals surface area contributed by atoms with E-state index in [0.717, 1.165) is 36.0 Å². The van der Waals surface area contributed by atoms with E-state index in [1.54, 1.807) is 0 Å². The zero-order chi connectivity index (χ0) is 26.5. The normalized spacial score (nSPS) is 15.1. The molecule has 7 nitrogen and oxygen atoms in total. The van der Waals surface area contributed by atoms with Crippen LogP contribution in [0.5, 0.6) is 0 Å². The van der Waals surface area contributed by atoms with Crippen LogP contribution in [0, 0.1) is 5.41 Å². The molecular weight excluding hydrogens is 480 g/mol. The number of amides is 2. The summed E-state index contributed by atoms with van der Waals surface area (Å²) in [7, 11) is 0. The van der Waals surface area contributed by atoms with Crippen molar-refractivity contribution in [2.75, 3.05) is 19.7 Å². The molecule has 2 aliphatic rings. The summed E-state index contributed by atoms with van der Waals surface area (Å²) < 4.78 is 5.66. The van der Waals surface area contributed by atoms with Gasteiger partial charge < -0.3 is 20.1 Å². The molecule has 0 saturated heterocycles. The van der Waals surface area contributed by atoms with Gasteiger partial charge in [-0.2, -0.15) is 0 Å². The highest BCUT2D eigenvalue weighted by Gasteiger charge is 2.40. The van der Waals surface area contributed by atoms with Crippen LogP contribution in [-0.4, -0.2) is 47.7 Å². The van der Waals surface area contributed by atoms with E-state index < -0.39 is 12.1 Å². The number of alkyl carbamates (subject to hydrolysis) is 1. The number of carboxylic acids is 1. The predicted molar refractivity (Wildman–Crippen MR) is 143 cm³/mol. The van der Waals surface area contributed by atoms with Gasteiger partial charge in [0.15, 0.2) is 0 Å². The molecule has 3 aromatic rings. The van der Waals surface area contributed by atoms with Crippen molar-refractivity contribution in [2.24, 2.45) is 5.41 Å². The average molecular weight is 513 g/mol. The molecule has 5 rings (SSSR count). The summed E-state index contributed by atoms with van der Waals surface area (Å²) in [5, 5.41) is 12.2. The molecule has 0 aliphatic heterocycles. The van der Waals surface area contributed by atoms with E-state index in [9.17, 15) is 19.5 Å². The summed E-state index contributed by atoms with van der Waals surface area (Å²) in [6.07, 6.45) is 2.26. The van der Waals surface area contributed by atoms with E-state index in [1.165, 1.54) is 16.0 Å². The van der Waals surface area contributed by atoms with Crippen LogP contribution in [0.15, 0.2) is 78.9 Å². The second-order valence-corrected chi connectivity index (χ2v) is 10.3. The summed E-state index contributed by atoms with van der Waals surface area (Å²) in [5.74, 6) is -1.28. The monoisotopic (exact) mass is 512 g/mol. The van der Waals surface area contributed by atoms with E-state index in [0.29, 0.717) is 6.54 Å². The average Bonchev–Trinajstić information content (AvgIpc) is 3.22. The summed E-state index contributed by atoms with van der Waals surface area (Å²) in [4.78, 5) is 38.7. The smallest absolute Gasteiger partial charge is 0.407 e. The highest BCUT2D eigenvalue weighted by molar-refractivity contribution is 5.82. The lowest BCUT2D eigenvalue weighted by Gasteiger charge is -2.42. The van der Waals surface area contributed by atoms with Gasteiger partial charge in [0.2, 0.25) is 5.91 Å². The third-order valence-electron chi connectivity index (χ3n) is 7.79. The number of rotatable bonds is 10.